The molecule has 0 bridgehead atoms. The second-order valence-electron chi connectivity index (χ2n) is 4.60. The quantitative estimate of drug-likeness (QED) is 0.806. The van der Waals surface area contributed by atoms with Crippen LogP contribution in [0.3, 0.4) is 0 Å². The number of hydrogen-bond acceptors (Lipinski definition) is 2. The van der Waals surface area contributed by atoms with Gasteiger partial charge in [-0.1, -0.05) is 29.3 Å². The summed E-state index contributed by atoms with van der Waals surface area (Å²) in [6.07, 6.45) is 0. The predicted molar refractivity (Wildman–Crippen MR) is 84.7 cm³/mol. The third kappa shape index (κ3) is 3.06. The van der Waals surface area contributed by atoms with Crippen molar-refractivity contribution in [3.63, 3.8) is 0 Å². The lowest BCUT2D eigenvalue weighted by atomic mass is 10.0. The molecule has 0 heterocycles. The number of carbonyl (C=O) groups is 1. The zero-order valence-corrected chi connectivity index (χ0v) is 12.6. The standard InChI is InChI=1S/C15H14Cl2N2O/c1-8-5-9(2)13(18)7-11(8)15(20)19-14-4-3-10(16)6-12(14)17/h3-7H,18H2,1-2H3,(H,19,20). The Bertz CT molecular complexity index is 684. The van der Waals surface area contributed by atoms with Crippen LogP contribution >= 0.6 is 23.2 Å². The van der Waals surface area contributed by atoms with Gasteiger partial charge in [0.1, 0.15) is 0 Å². The molecule has 2 aromatic carbocycles. The van der Waals surface area contributed by atoms with Crippen molar-refractivity contribution >= 4 is 40.5 Å². The highest BCUT2D eigenvalue weighted by molar-refractivity contribution is 6.36. The van der Waals surface area contributed by atoms with E-state index in [0.29, 0.717) is 27.0 Å². The molecule has 0 saturated carbocycles. The summed E-state index contributed by atoms with van der Waals surface area (Å²) in [5.74, 6) is -0.251. The van der Waals surface area contributed by atoms with Crippen molar-refractivity contribution in [2.24, 2.45) is 0 Å². The van der Waals surface area contributed by atoms with Gasteiger partial charge in [0.05, 0.1) is 10.7 Å². The highest BCUT2D eigenvalue weighted by Crippen LogP contribution is 2.26. The van der Waals surface area contributed by atoms with Gasteiger partial charge < -0.3 is 11.1 Å². The molecule has 0 spiro atoms. The molecular formula is C15H14Cl2N2O. The molecule has 1 amide bonds. The van der Waals surface area contributed by atoms with Crippen molar-refractivity contribution in [3.05, 3.63) is 57.1 Å². The molecule has 2 rings (SSSR count). The molecule has 0 saturated heterocycles. The fourth-order valence-electron chi connectivity index (χ4n) is 1.89. The number of hydrogen-bond donors (Lipinski definition) is 2. The minimum absolute atomic E-state index is 0.251. The van der Waals surface area contributed by atoms with Crippen LogP contribution in [0.15, 0.2) is 30.3 Å². The lowest BCUT2D eigenvalue weighted by molar-refractivity contribution is 0.102. The van der Waals surface area contributed by atoms with E-state index >= 15 is 0 Å². The van der Waals surface area contributed by atoms with Gasteiger partial charge in [0.25, 0.3) is 5.91 Å². The Kier molecular flexibility index (Phi) is 4.21. The van der Waals surface area contributed by atoms with E-state index in [1.165, 1.54) is 0 Å². The van der Waals surface area contributed by atoms with E-state index in [2.05, 4.69) is 5.32 Å². The van der Waals surface area contributed by atoms with Crippen LogP contribution in [-0.2, 0) is 0 Å². The summed E-state index contributed by atoms with van der Waals surface area (Å²) in [6, 6.07) is 8.46. The molecule has 0 atom stereocenters. The second-order valence-corrected chi connectivity index (χ2v) is 5.45. The van der Waals surface area contributed by atoms with Crippen LogP contribution in [-0.4, -0.2) is 5.91 Å². The van der Waals surface area contributed by atoms with E-state index in [1.807, 2.05) is 19.9 Å². The largest absolute Gasteiger partial charge is 0.398 e. The molecule has 0 unspecified atom stereocenters. The summed E-state index contributed by atoms with van der Waals surface area (Å²) in [7, 11) is 0. The van der Waals surface area contributed by atoms with E-state index in [-0.39, 0.29) is 5.91 Å². The first-order valence-corrected chi connectivity index (χ1v) is 6.77. The van der Waals surface area contributed by atoms with E-state index < -0.39 is 0 Å². The van der Waals surface area contributed by atoms with Crippen molar-refractivity contribution in [2.75, 3.05) is 11.1 Å². The lowest BCUT2D eigenvalue weighted by Crippen LogP contribution is -2.14. The van der Waals surface area contributed by atoms with Crippen LogP contribution in [0, 0.1) is 13.8 Å². The van der Waals surface area contributed by atoms with Gasteiger partial charge in [-0.25, -0.2) is 0 Å². The number of nitrogen functional groups attached to an aromatic ring is 1. The average Bonchev–Trinajstić information content (AvgIpc) is 2.37. The molecular weight excluding hydrogens is 295 g/mol. The highest BCUT2D eigenvalue weighted by Gasteiger charge is 2.12. The SMILES string of the molecule is Cc1cc(C)c(C(=O)Nc2ccc(Cl)cc2Cl)cc1N. The Morgan fingerprint density at radius 1 is 1.10 bits per heavy atom. The number of rotatable bonds is 2. The predicted octanol–water partition coefficient (Wildman–Crippen LogP) is 4.44. The number of nitrogens with two attached hydrogens (primary N) is 1. The molecule has 3 nitrogen and oxygen atoms in total. The van der Waals surface area contributed by atoms with Crippen LogP contribution in [0.2, 0.25) is 10.0 Å². The topological polar surface area (TPSA) is 55.1 Å². The summed E-state index contributed by atoms with van der Waals surface area (Å²) in [6.45, 7) is 3.77. The van der Waals surface area contributed by atoms with Gasteiger partial charge in [0.2, 0.25) is 0 Å². The first kappa shape index (κ1) is 14.7. The first-order valence-electron chi connectivity index (χ1n) is 6.01. The van der Waals surface area contributed by atoms with Gasteiger partial charge in [0.15, 0.2) is 0 Å². The number of amides is 1. The van der Waals surface area contributed by atoms with Gasteiger partial charge in [-0.3, -0.25) is 4.79 Å². The molecule has 0 aliphatic heterocycles. The summed E-state index contributed by atoms with van der Waals surface area (Å²) in [4.78, 5) is 12.3. The number of halogens is 2. The number of carbonyl (C=O) groups excluding carboxylic acids is 1. The van der Waals surface area contributed by atoms with Gasteiger partial charge in [0, 0.05) is 16.3 Å². The Labute approximate surface area is 127 Å². The maximum absolute atomic E-state index is 12.3. The first-order chi connectivity index (χ1) is 9.38. The van der Waals surface area contributed by atoms with Crippen LogP contribution in [0.25, 0.3) is 0 Å². The van der Waals surface area contributed by atoms with E-state index in [4.69, 9.17) is 28.9 Å². The third-order valence-corrected chi connectivity index (χ3v) is 3.58. The third-order valence-electron chi connectivity index (χ3n) is 3.04. The summed E-state index contributed by atoms with van der Waals surface area (Å²) >= 11 is 11.9. The van der Waals surface area contributed by atoms with Crippen LogP contribution in [0.5, 0.6) is 0 Å². The Hall–Kier alpha value is -1.71. The Morgan fingerprint density at radius 3 is 2.45 bits per heavy atom. The molecule has 5 heteroatoms. The van der Waals surface area contributed by atoms with E-state index in [9.17, 15) is 4.79 Å². The minimum atomic E-state index is -0.251. The smallest absolute Gasteiger partial charge is 0.256 e. The van der Waals surface area contributed by atoms with Crippen molar-refractivity contribution in [1.29, 1.82) is 0 Å². The maximum Gasteiger partial charge on any atom is 0.256 e. The van der Waals surface area contributed by atoms with Crippen molar-refractivity contribution in [1.82, 2.24) is 0 Å². The summed E-state index contributed by atoms with van der Waals surface area (Å²) in [5.41, 5.74) is 9.28. The zero-order chi connectivity index (χ0) is 14.9. The maximum atomic E-state index is 12.3. The molecule has 104 valence electrons. The van der Waals surface area contributed by atoms with Gasteiger partial charge >= 0.3 is 0 Å². The molecule has 20 heavy (non-hydrogen) atoms. The summed E-state index contributed by atoms with van der Waals surface area (Å²) in [5, 5.41) is 3.67. The molecule has 3 N–H and O–H groups in total. The minimum Gasteiger partial charge on any atom is -0.398 e. The lowest BCUT2D eigenvalue weighted by Gasteiger charge is -2.11. The number of aryl methyl sites for hydroxylation is 2. The Balaban J connectivity index is 2.31. The van der Waals surface area contributed by atoms with Crippen LogP contribution in [0.1, 0.15) is 21.5 Å². The molecule has 0 radical (unpaired) electrons. The molecule has 2 aromatic rings. The molecule has 0 fully saturated rings. The van der Waals surface area contributed by atoms with Gasteiger partial charge in [-0.05, 0) is 49.2 Å². The average molecular weight is 309 g/mol. The van der Waals surface area contributed by atoms with Crippen molar-refractivity contribution < 1.29 is 4.79 Å². The van der Waals surface area contributed by atoms with E-state index in [1.54, 1.807) is 24.3 Å². The molecule has 0 aromatic heterocycles. The fraction of sp³-hybridized carbons (Fsp3) is 0.133. The molecule has 0 aliphatic rings. The fourth-order valence-corrected chi connectivity index (χ4v) is 2.35. The molecule has 0 aliphatic carbocycles. The summed E-state index contributed by atoms with van der Waals surface area (Å²) < 4.78 is 0. The number of nitrogens with one attached hydrogen (secondary N) is 1. The van der Waals surface area contributed by atoms with Gasteiger partial charge in [-0.15, -0.1) is 0 Å². The van der Waals surface area contributed by atoms with Crippen molar-refractivity contribution in [2.45, 2.75) is 13.8 Å². The normalized spacial score (nSPS) is 10.4. The van der Waals surface area contributed by atoms with E-state index in [0.717, 1.165) is 11.1 Å². The van der Waals surface area contributed by atoms with Gasteiger partial charge in [-0.2, -0.15) is 0 Å². The Morgan fingerprint density at radius 2 is 1.80 bits per heavy atom. The monoisotopic (exact) mass is 308 g/mol. The number of anilines is 2. The van der Waals surface area contributed by atoms with Crippen LogP contribution < -0.4 is 11.1 Å². The highest BCUT2D eigenvalue weighted by atomic mass is 35.5. The van der Waals surface area contributed by atoms with Crippen LogP contribution in [0.4, 0.5) is 11.4 Å². The zero-order valence-electron chi connectivity index (χ0n) is 11.1. The second kappa shape index (κ2) is 5.73. The number of benzene rings is 2. The van der Waals surface area contributed by atoms with Crippen molar-refractivity contribution in [3.8, 4) is 0 Å².